The van der Waals surface area contributed by atoms with Gasteiger partial charge in [-0.25, -0.2) is 4.68 Å². The highest BCUT2D eigenvalue weighted by Crippen LogP contribution is 2.31. The molecular formula is C15H19N5O4. The molecule has 2 aromatic heterocycles. The maximum Gasteiger partial charge on any atom is 0.276 e. The zero-order valence-electron chi connectivity index (χ0n) is 13.6. The summed E-state index contributed by atoms with van der Waals surface area (Å²) < 4.78 is 18.1. The third-order valence-electron chi connectivity index (χ3n) is 4.69. The van der Waals surface area contributed by atoms with Gasteiger partial charge in [-0.15, -0.1) is 5.10 Å². The summed E-state index contributed by atoms with van der Waals surface area (Å²) in [6.07, 6.45) is 2.52. The molecule has 0 aliphatic carbocycles. The maximum atomic E-state index is 12.9. The average Bonchev–Trinajstić information content (AvgIpc) is 3.22. The molecule has 0 radical (unpaired) electrons. The van der Waals surface area contributed by atoms with Crippen LogP contribution in [0.3, 0.4) is 0 Å². The Kier molecular flexibility index (Phi) is 3.81. The minimum atomic E-state index is -0.149. The van der Waals surface area contributed by atoms with Crippen LogP contribution in [0.15, 0.2) is 10.7 Å². The quantitative estimate of drug-likeness (QED) is 0.816. The zero-order valence-corrected chi connectivity index (χ0v) is 13.6. The second-order valence-corrected chi connectivity index (χ2v) is 6.13. The SMILES string of the molecule is COCc1c(C(=O)N2CC[C@H]3OCc4cnnn4[C@H]3C2)noc1C. The van der Waals surface area contributed by atoms with Crippen LogP contribution in [0, 0.1) is 6.92 Å². The second-order valence-electron chi connectivity index (χ2n) is 6.13. The van der Waals surface area contributed by atoms with E-state index >= 15 is 0 Å². The van der Waals surface area contributed by atoms with Crippen molar-refractivity contribution in [3.63, 3.8) is 0 Å². The number of hydrogen-bond acceptors (Lipinski definition) is 7. The lowest BCUT2D eigenvalue weighted by Gasteiger charge is -2.40. The maximum absolute atomic E-state index is 12.9. The number of likely N-dealkylation sites (tertiary alicyclic amines) is 1. The van der Waals surface area contributed by atoms with Gasteiger partial charge in [-0.05, 0) is 13.3 Å². The number of nitrogens with zero attached hydrogens (tertiary/aromatic N) is 5. The number of carbonyl (C=O) groups is 1. The van der Waals surface area contributed by atoms with Gasteiger partial charge < -0.3 is 18.9 Å². The largest absolute Gasteiger partial charge is 0.380 e. The molecule has 9 heteroatoms. The molecule has 2 aliphatic rings. The van der Waals surface area contributed by atoms with Crippen molar-refractivity contribution >= 4 is 5.91 Å². The first kappa shape index (κ1) is 15.3. The van der Waals surface area contributed by atoms with Crippen molar-refractivity contribution in [3.05, 3.63) is 28.9 Å². The lowest BCUT2D eigenvalue weighted by Crippen LogP contribution is -2.50. The minimum absolute atomic E-state index is 0.0205. The van der Waals surface area contributed by atoms with Gasteiger partial charge in [-0.3, -0.25) is 4.79 Å². The molecular weight excluding hydrogens is 314 g/mol. The summed E-state index contributed by atoms with van der Waals surface area (Å²) in [5.41, 5.74) is 1.96. The van der Waals surface area contributed by atoms with Crippen LogP contribution in [0.1, 0.15) is 40.0 Å². The molecule has 0 unspecified atom stereocenters. The number of methoxy groups -OCH3 is 1. The molecule has 1 amide bonds. The van der Waals surface area contributed by atoms with E-state index in [1.807, 2.05) is 4.68 Å². The van der Waals surface area contributed by atoms with Crippen LogP contribution in [0.25, 0.3) is 0 Å². The van der Waals surface area contributed by atoms with Crippen molar-refractivity contribution in [2.75, 3.05) is 20.2 Å². The highest BCUT2D eigenvalue weighted by atomic mass is 16.5. The Bertz CT molecular complexity index is 755. The highest BCUT2D eigenvalue weighted by molar-refractivity contribution is 5.93. The van der Waals surface area contributed by atoms with E-state index in [9.17, 15) is 4.79 Å². The first-order valence-corrected chi connectivity index (χ1v) is 7.93. The molecule has 0 aromatic carbocycles. The van der Waals surface area contributed by atoms with E-state index in [0.29, 0.717) is 43.3 Å². The molecule has 0 spiro atoms. The molecule has 2 aromatic rings. The fraction of sp³-hybridized carbons (Fsp3) is 0.600. The van der Waals surface area contributed by atoms with Crippen molar-refractivity contribution in [1.29, 1.82) is 0 Å². The molecule has 128 valence electrons. The van der Waals surface area contributed by atoms with E-state index in [2.05, 4.69) is 15.5 Å². The topological polar surface area (TPSA) is 95.5 Å². The smallest absolute Gasteiger partial charge is 0.276 e. The monoisotopic (exact) mass is 333 g/mol. The summed E-state index contributed by atoms with van der Waals surface area (Å²) in [5, 5.41) is 12.0. The van der Waals surface area contributed by atoms with Crippen LogP contribution >= 0.6 is 0 Å². The van der Waals surface area contributed by atoms with Crippen molar-refractivity contribution in [3.8, 4) is 0 Å². The summed E-state index contributed by atoms with van der Waals surface area (Å²) in [6, 6.07) is -0.0205. The fourth-order valence-electron chi connectivity index (χ4n) is 3.39. The number of piperidine rings is 1. The van der Waals surface area contributed by atoms with Gasteiger partial charge in [0.2, 0.25) is 0 Å². The molecule has 4 heterocycles. The summed E-state index contributed by atoms with van der Waals surface area (Å²) in [6.45, 7) is 3.72. The van der Waals surface area contributed by atoms with Crippen molar-refractivity contribution in [2.45, 2.75) is 38.7 Å². The summed E-state index contributed by atoms with van der Waals surface area (Å²) in [5.74, 6) is 0.458. The van der Waals surface area contributed by atoms with Crippen LogP contribution in [0.5, 0.6) is 0 Å². The molecule has 2 atom stereocenters. The van der Waals surface area contributed by atoms with Gasteiger partial charge in [-0.1, -0.05) is 10.4 Å². The second kappa shape index (κ2) is 5.99. The van der Waals surface area contributed by atoms with Crippen molar-refractivity contribution < 1.29 is 18.8 Å². The van der Waals surface area contributed by atoms with Gasteiger partial charge in [0.1, 0.15) is 5.76 Å². The number of carbonyl (C=O) groups excluding carboxylic acids is 1. The molecule has 2 aliphatic heterocycles. The minimum Gasteiger partial charge on any atom is -0.380 e. The molecule has 24 heavy (non-hydrogen) atoms. The Labute approximate surface area is 138 Å². The van der Waals surface area contributed by atoms with Gasteiger partial charge in [0.15, 0.2) is 5.69 Å². The zero-order chi connectivity index (χ0) is 16.7. The molecule has 0 N–H and O–H groups in total. The molecule has 0 bridgehead atoms. The number of hydrogen-bond donors (Lipinski definition) is 0. The molecule has 1 saturated heterocycles. The molecule has 1 fully saturated rings. The predicted molar refractivity (Wildman–Crippen MR) is 80.1 cm³/mol. The summed E-state index contributed by atoms with van der Waals surface area (Å²) >= 11 is 0. The van der Waals surface area contributed by atoms with Crippen molar-refractivity contribution in [1.82, 2.24) is 25.1 Å². The number of ether oxygens (including phenoxy) is 2. The Hall–Kier alpha value is -2.26. The number of aromatic nitrogens is 4. The third kappa shape index (κ3) is 2.40. The van der Waals surface area contributed by atoms with Crippen molar-refractivity contribution in [2.24, 2.45) is 0 Å². The first-order chi connectivity index (χ1) is 11.7. The number of fused-ring (bicyclic) bond motifs is 3. The molecule has 4 rings (SSSR count). The highest BCUT2D eigenvalue weighted by Gasteiger charge is 2.39. The van der Waals surface area contributed by atoms with E-state index in [-0.39, 0.29) is 18.1 Å². The molecule has 9 nitrogen and oxygen atoms in total. The van der Waals surface area contributed by atoms with Crippen LogP contribution in [-0.4, -0.2) is 57.3 Å². The Morgan fingerprint density at radius 2 is 2.38 bits per heavy atom. The Morgan fingerprint density at radius 3 is 3.21 bits per heavy atom. The lowest BCUT2D eigenvalue weighted by molar-refractivity contribution is -0.0606. The van der Waals surface area contributed by atoms with Gasteiger partial charge in [0, 0.05) is 20.2 Å². The molecule has 0 saturated carbocycles. The summed E-state index contributed by atoms with van der Waals surface area (Å²) in [4.78, 5) is 14.7. The third-order valence-corrected chi connectivity index (χ3v) is 4.69. The predicted octanol–water partition coefficient (Wildman–Crippen LogP) is 0.707. The Morgan fingerprint density at radius 1 is 1.50 bits per heavy atom. The normalized spacial score (nSPS) is 23.0. The number of rotatable bonds is 3. The lowest BCUT2D eigenvalue weighted by atomic mass is 9.99. The average molecular weight is 333 g/mol. The van der Waals surface area contributed by atoms with Gasteiger partial charge >= 0.3 is 0 Å². The van der Waals surface area contributed by atoms with Gasteiger partial charge in [0.25, 0.3) is 5.91 Å². The van der Waals surface area contributed by atoms with Gasteiger partial charge in [0.05, 0.1) is 42.8 Å². The van der Waals surface area contributed by atoms with Crippen LogP contribution in [0.4, 0.5) is 0 Å². The van der Waals surface area contributed by atoms with Gasteiger partial charge in [-0.2, -0.15) is 0 Å². The van der Waals surface area contributed by atoms with Crippen LogP contribution in [0.2, 0.25) is 0 Å². The van der Waals surface area contributed by atoms with E-state index in [1.54, 1.807) is 25.1 Å². The standard InChI is InChI=1S/C15H19N5O4/c1-9-11(8-22-2)14(17-24-9)15(21)19-4-3-13-12(6-19)20-10(7-23-13)5-16-18-20/h5,12-13H,3-4,6-8H2,1-2H3/t12-,13+/m0/s1. The van der Waals surface area contributed by atoms with Crippen LogP contribution in [-0.2, 0) is 22.7 Å². The van der Waals surface area contributed by atoms with E-state index in [0.717, 1.165) is 12.1 Å². The fourth-order valence-corrected chi connectivity index (χ4v) is 3.39. The van der Waals surface area contributed by atoms with E-state index in [4.69, 9.17) is 14.0 Å². The first-order valence-electron chi connectivity index (χ1n) is 7.93. The summed E-state index contributed by atoms with van der Waals surface area (Å²) in [7, 11) is 1.58. The number of aryl methyl sites for hydroxylation is 1. The Balaban J connectivity index is 1.57. The van der Waals surface area contributed by atoms with Crippen LogP contribution < -0.4 is 0 Å². The van der Waals surface area contributed by atoms with E-state index < -0.39 is 0 Å². The van der Waals surface area contributed by atoms with E-state index in [1.165, 1.54) is 0 Å². The number of amides is 1.